The first kappa shape index (κ1) is 17.3. The normalized spacial score (nSPS) is 10.3. The van der Waals surface area contributed by atoms with Crippen LogP contribution in [-0.2, 0) is 0 Å². The van der Waals surface area contributed by atoms with Gasteiger partial charge in [0.2, 0.25) is 0 Å². The number of fused-ring (bicyclic) bond motifs is 3. The zero-order valence-electron chi connectivity index (χ0n) is 11.8. The molecule has 4 rings (SSSR count). The zero-order chi connectivity index (χ0) is 14.4. The average Bonchev–Trinajstić information content (AvgIpc) is 2.99. The van der Waals surface area contributed by atoms with Crippen LogP contribution in [0.25, 0.3) is 26.7 Å². The molecule has 0 aliphatic heterocycles. The minimum absolute atomic E-state index is 0. The highest BCUT2D eigenvalue weighted by Gasteiger charge is 2.12. The second kappa shape index (κ2) is 6.62. The molecule has 2 heterocycles. The first-order valence-corrected chi connectivity index (χ1v) is 7.44. The van der Waals surface area contributed by atoms with Crippen molar-refractivity contribution in [2.24, 2.45) is 0 Å². The third-order valence-corrected chi connectivity index (χ3v) is 4.51. The van der Waals surface area contributed by atoms with Crippen molar-refractivity contribution in [1.29, 1.82) is 0 Å². The van der Waals surface area contributed by atoms with Crippen LogP contribution in [0, 0.1) is 0 Å². The molecule has 2 aromatic heterocycles. The monoisotopic (exact) mass is 365 g/mol. The molecule has 6 heteroatoms. The van der Waals surface area contributed by atoms with E-state index < -0.39 is 0 Å². The number of aromatic hydroxyl groups is 1. The van der Waals surface area contributed by atoms with Crippen molar-refractivity contribution in [2.45, 2.75) is 0 Å². The lowest BCUT2D eigenvalue weighted by Crippen LogP contribution is -2.18. The molecule has 118 valence electrons. The topological polar surface area (TPSA) is 42.2 Å². The number of aromatic nitrogens is 1. The van der Waals surface area contributed by atoms with E-state index in [4.69, 9.17) is 0 Å². The van der Waals surface area contributed by atoms with Crippen molar-refractivity contribution in [3.63, 3.8) is 0 Å². The van der Waals surface area contributed by atoms with Gasteiger partial charge in [0.1, 0.15) is 10.4 Å². The number of phenols is 1. The summed E-state index contributed by atoms with van der Waals surface area (Å²) >= 11 is 1.46. The Morgan fingerprint density at radius 3 is 2.30 bits per heavy atom. The third kappa shape index (κ3) is 2.70. The summed E-state index contributed by atoms with van der Waals surface area (Å²) in [5.74, 6) is 0.188. The summed E-state index contributed by atoms with van der Waals surface area (Å²) in [6, 6.07) is 16.6. The van der Waals surface area contributed by atoms with Crippen molar-refractivity contribution in [3.8, 4) is 11.4 Å². The summed E-state index contributed by atoms with van der Waals surface area (Å²) in [4.78, 5) is 12.8. The van der Waals surface area contributed by atoms with Gasteiger partial charge in [-0.2, -0.15) is 0 Å². The van der Waals surface area contributed by atoms with Crippen molar-refractivity contribution in [1.82, 2.24) is 4.57 Å². The Labute approximate surface area is 148 Å². The third-order valence-electron chi connectivity index (χ3n) is 3.61. The Kier molecular flexibility index (Phi) is 5.00. The van der Waals surface area contributed by atoms with Gasteiger partial charge in [0.25, 0.3) is 5.56 Å². The number of hydrogen-bond acceptors (Lipinski definition) is 3. The van der Waals surface area contributed by atoms with Gasteiger partial charge in [-0.05, 0) is 41.8 Å². The van der Waals surface area contributed by atoms with Crippen LogP contribution in [0.3, 0.4) is 0 Å². The fourth-order valence-electron chi connectivity index (χ4n) is 2.65. The number of phenolic OH excluding ortho intramolecular Hbond substituents is 1. The van der Waals surface area contributed by atoms with Gasteiger partial charge in [-0.1, -0.05) is 18.2 Å². The van der Waals surface area contributed by atoms with Crippen LogP contribution < -0.4 is 5.56 Å². The lowest BCUT2D eigenvalue weighted by molar-refractivity contribution is 0.475. The first-order valence-electron chi connectivity index (χ1n) is 6.56. The molecular formula is C17H13Cl2NO2S. The number of thiophene rings is 1. The molecule has 0 radical (unpaired) electrons. The Balaban J connectivity index is 0.000000960. The minimum Gasteiger partial charge on any atom is -0.508 e. The largest absolute Gasteiger partial charge is 0.508 e. The number of para-hydroxylation sites is 1. The van der Waals surface area contributed by atoms with E-state index in [2.05, 4.69) is 0 Å². The molecule has 3 nitrogen and oxygen atoms in total. The number of rotatable bonds is 1. The maximum absolute atomic E-state index is 12.8. The van der Waals surface area contributed by atoms with Crippen molar-refractivity contribution in [3.05, 3.63) is 70.3 Å². The zero-order valence-corrected chi connectivity index (χ0v) is 14.3. The van der Waals surface area contributed by atoms with E-state index in [-0.39, 0.29) is 36.1 Å². The van der Waals surface area contributed by atoms with Crippen LogP contribution in [0.1, 0.15) is 0 Å². The molecule has 4 aromatic rings. The standard InChI is InChI=1S/C17H11NO2S.2ClH/c19-12-7-5-11(6-8-12)18-15-4-2-1-3-13(15)14-9-10-21-16(14)17(18)20;;/h1-10,19H;2*1H. The highest BCUT2D eigenvalue weighted by Crippen LogP contribution is 2.28. The van der Waals surface area contributed by atoms with Gasteiger partial charge in [-0.3, -0.25) is 9.36 Å². The summed E-state index contributed by atoms with van der Waals surface area (Å²) in [5, 5.41) is 13.4. The maximum atomic E-state index is 12.8. The van der Waals surface area contributed by atoms with Gasteiger partial charge in [-0.25, -0.2) is 0 Å². The number of nitrogens with zero attached hydrogens (tertiary/aromatic N) is 1. The van der Waals surface area contributed by atoms with Gasteiger partial charge in [-0.15, -0.1) is 36.2 Å². The van der Waals surface area contributed by atoms with Crippen molar-refractivity contribution >= 4 is 57.1 Å². The van der Waals surface area contributed by atoms with Crippen LogP contribution >= 0.6 is 36.2 Å². The Morgan fingerprint density at radius 2 is 1.57 bits per heavy atom. The number of benzene rings is 2. The number of hydrogen-bond donors (Lipinski definition) is 1. The smallest absolute Gasteiger partial charge is 0.273 e. The summed E-state index contributed by atoms with van der Waals surface area (Å²) in [6.07, 6.45) is 0. The first-order chi connectivity index (χ1) is 10.3. The molecule has 0 bridgehead atoms. The van der Waals surface area contributed by atoms with E-state index in [9.17, 15) is 9.90 Å². The van der Waals surface area contributed by atoms with E-state index in [1.807, 2.05) is 35.7 Å². The van der Waals surface area contributed by atoms with Crippen LogP contribution in [0.4, 0.5) is 0 Å². The highest BCUT2D eigenvalue weighted by molar-refractivity contribution is 7.17. The van der Waals surface area contributed by atoms with Gasteiger partial charge in [0, 0.05) is 16.5 Å². The van der Waals surface area contributed by atoms with E-state index in [1.165, 1.54) is 11.3 Å². The lowest BCUT2D eigenvalue weighted by Gasteiger charge is -2.11. The predicted octanol–water partition coefficient (Wildman–Crippen LogP) is 4.75. The highest BCUT2D eigenvalue weighted by atomic mass is 35.5. The van der Waals surface area contributed by atoms with Gasteiger partial charge in [0.05, 0.1) is 5.52 Å². The molecule has 0 saturated heterocycles. The summed E-state index contributed by atoms with van der Waals surface area (Å²) in [5.41, 5.74) is 1.60. The molecule has 0 atom stereocenters. The Hall–Kier alpha value is -2.01. The van der Waals surface area contributed by atoms with Crippen LogP contribution in [0.15, 0.2) is 64.8 Å². The fraction of sp³-hybridized carbons (Fsp3) is 0. The van der Waals surface area contributed by atoms with Crippen molar-refractivity contribution < 1.29 is 5.11 Å². The van der Waals surface area contributed by atoms with Gasteiger partial charge < -0.3 is 5.11 Å². The van der Waals surface area contributed by atoms with E-state index >= 15 is 0 Å². The van der Waals surface area contributed by atoms with Crippen LogP contribution in [-0.4, -0.2) is 9.67 Å². The van der Waals surface area contributed by atoms with E-state index in [0.717, 1.165) is 26.7 Å². The quantitative estimate of drug-likeness (QED) is 0.528. The molecule has 0 unspecified atom stereocenters. The SMILES string of the molecule is Cl.Cl.O=c1c2sccc2c2ccccc2n1-c1ccc(O)cc1. The number of pyridine rings is 1. The van der Waals surface area contributed by atoms with Crippen molar-refractivity contribution in [2.75, 3.05) is 0 Å². The molecule has 0 fully saturated rings. The second-order valence-corrected chi connectivity index (χ2v) is 5.75. The lowest BCUT2D eigenvalue weighted by atomic mass is 10.1. The fourth-order valence-corrected chi connectivity index (χ4v) is 3.49. The van der Waals surface area contributed by atoms with Gasteiger partial charge >= 0.3 is 0 Å². The molecule has 0 aliphatic rings. The Bertz CT molecular complexity index is 1020. The van der Waals surface area contributed by atoms with Crippen LogP contribution in [0.2, 0.25) is 0 Å². The molecule has 0 spiro atoms. The van der Waals surface area contributed by atoms with Crippen LogP contribution in [0.5, 0.6) is 5.75 Å². The average molecular weight is 366 g/mol. The molecule has 2 aromatic carbocycles. The maximum Gasteiger partial charge on any atom is 0.273 e. The van der Waals surface area contributed by atoms with E-state index in [1.54, 1.807) is 28.8 Å². The Morgan fingerprint density at radius 1 is 0.870 bits per heavy atom. The van der Waals surface area contributed by atoms with Gasteiger partial charge in [0.15, 0.2) is 0 Å². The summed E-state index contributed by atoms with van der Waals surface area (Å²) in [7, 11) is 0. The number of halogens is 2. The second-order valence-electron chi connectivity index (χ2n) is 4.84. The molecule has 0 saturated carbocycles. The molecule has 1 N–H and O–H groups in total. The molecule has 0 aliphatic carbocycles. The molecule has 23 heavy (non-hydrogen) atoms. The summed E-state index contributed by atoms with van der Waals surface area (Å²) < 4.78 is 2.45. The van der Waals surface area contributed by atoms with E-state index in [0.29, 0.717) is 0 Å². The minimum atomic E-state index is -0.0237. The molecule has 0 amide bonds. The molecular weight excluding hydrogens is 353 g/mol. The predicted molar refractivity (Wildman–Crippen MR) is 101 cm³/mol. The summed E-state index contributed by atoms with van der Waals surface area (Å²) in [6.45, 7) is 0.